The maximum atomic E-state index is 12.0. The predicted octanol–water partition coefficient (Wildman–Crippen LogP) is 2.46. The second-order valence-electron chi connectivity index (χ2n) is 3.37. The van der Waals surface area contributed by atoms with E-state index in [0.717, 1.165) is 0 Å². The van der Waals surface area contributed by atoms with Crippen LogP contribution in [0.5, 0.6) is 0 Å². The minimum absolute atomic E-state index is 0.0464. The van der Waals surface area contributed by atoms with E-state index in [4.69, 9.17) is 25.2 Å². The molecule has 0 aliphatic heterocycles. The zero-order valence-corrected chi connectivity index (χ0v) is 13.2. The van der Waals surface area contributed by atoms with Gasteiger partial charge in [0.25, 0.3) is 0 Å². The lowest BCUT2D eigenvalue weighted by Gasteiger charge is -2.22. The van der Waals surface area contributed by atoms with E-state index in [0.29, 0.717) is 5.01 Å². The fraction of sp³-hybridized carbons (Fsp3) is 0.889. The topological polar surface area (TPSA) is 107 Å². The van der Waals surface area contributed by atoms with E-state index in [1.807, 2.05) is 0 Å². The van der Waals surface area contributed by atoms with Crippen LogP contribution in [0.4, 0.5) is 4.79 Å². The van der Waals surface area contributed by atoms with E-state index in [9.17, 15) is 14.3 Å². The van der Waals surface area contributed by atoms with Crippen molar-refractivity contribution in [1.82, 2.24) is 10.3 Å². The number of urea groups is 1. The van der Waals surface area contributed by atoms with Crippen molar-refractivity contribution in [2.24, 2.45) is 5.29 Å². The number of nitrogens with zero attached hydrogens (tertiary/aromatic N) is 2. The molecular formula is C9H19ClN3O6P. The van der Waals surface area contributed by atoms with Crippen LogP contribution in [0.15, 0.2) is 5.29 Å². The normalized spacial score (nSPS) is 12.8. The molecule has 0 aliphatic carbocycles. The summed E-state index contributed by atoms with van der Waals surface area (Å²) >= 11 is 5.41. The molecule has 0 saturated heterocycles. The summed E-state index contributed by atoms with van der Waals surface area (Å²) in [6.07, 6.45) is -1.01. The zero-order chi connectivity index (χ0) is 15.6. The van der Waals surface area contributed by atoms with Crippen LogP contribution in [0, 0.1) is 4.91 Å². The highest BCUT2D eigenvalue weighted by Gasteiger charge is 2.29. The Hall–Kier alpha value is -0.730. The average Bonchev–Trinajstić information content (AvgIpc) is 2.35. The van der Waals surface area contributed by atoms with Crippen LogP contribution < -0.4 is 5.32 Å². The van der Waals surface area contributed by atoms with Gasteiger partial charge in [0.15, 0.2) is 0 Å². The highest BCUT2D eigenvalue weighted by atomic mass is 35.5. The van der Waals surface area contributed by atoms with Crippen LogP contribution in [0.1, 0.15) is 20.8 Å². The zero-order valence-electron chi connectivity index (χ0n) is 11.6. The first kappa shape index (κ1) is 19.3. The second-order valence-corrected chi connectivity index (χ2v) is 5.37. The number of carbonyl (C=O) groups is 1. The Morgan fingerprint density at radius 1 is 1.40 bits per heavy atom. The van der Waals surface area contributed by atoms with Gasteiger partial charge in [-0.3, -0.25) is 13.6 Å². The molecule has 0 aliphatic rings. The number of hydrogen-bond acceptors (Lipinski definition) is 7. The highest BCUT2D eigenvalue weighted by molar-refractivity contribution is 7.48. The van der Waals surface area contributed by atoms with Crippen molar-refractivity contribution in [2.75, 3.05) is 25.6 Å². The van der Waals surface area contributed by atoms with E-state index >= 15 is 0 Å². The molecule has 1 N–H and O–H groups in total. The summed E-state index contributed by atoms with van der Waals surface area (Å²) in [5, 5.41) is 5.35. The van der Waals surface area contributed by atoms with Crippen molar-refractivity contribution >= 4 is 25.5 Å². The van der Waals surface area contributed by atoms with E-state index in [1.54, 1.807) is 13.8 Å². The van der Waals surface area contributed by atoms with Crippen LogP contribution in [-0.2, 0) is 18.1 Å². The van der Waals surface area contributed by atoms with Gasteiger partial charge in [-0.15, -0.1) is 16.5 Å². The van der Waals surface area contributed by atoms with Crippen molar-refractivity contribution in [2.45, 2.75) is 27.0 Å². The summed E-state index contributed by atoms with van der Waals surface area (Å²) in [4.78, 5) is 22.0. The Bertz CT molecular complexity index is 349. The summed E-state index contributed by atoms with van der Waals surface area (Å²) in [5.74, 6) is 0.0464. The van der Waals surface area contributed by atoms with Gasteiger partial charge < -0.3 is 5.32 Å². The van der Waals surface area contributed by atoms with Crippen LogP contribution >= 0.6 is 19.4 Å². The lowest BCUT2D eigenvalue weighted by Crippen LogP contribution is -2.42. The van der Waals surface area contributed by atoms with Crippen molar-refractivity contribution < 1.29 is 22.9 Å². The number of carbonyl (C=O) groups excluding carboxylic acids is 1. The number of halogens is 1. The number of hydrogen-bond donors (Lipinski definition) is 1. The van der Waals surface area contributed by atoms with Gasteiger partial charge in [0.05, 0.1) is 25.0 Å². The lowest BCUT2D eigenvalue weighted by molar-refractivity contribution is 0.0774. The third-order valence-electron chi connectivity index (χ3n) is 1.82. The first-order valence-electron chi connectivity index (χ1n) is 5.97. The quantitative estimate of drug-likeness (QED) is 0.217. The van der Waals surface area contributed by atoms with Gasteiger partial charge in [-0.25, -0.2) is 9.36 Å². The molecule has 0 saturated carbocycles. The number of alkyl halides is 1. The third kappa shape index (κ3) is 7.16. The summed E-state index contributed by atoms with van der Waals surface area (Å²) in [5.41, 5.74) is 0. The second kappa shape index (κ2) is 10.1. The number of phosphoric acid groups is 1. The lowest BCUT2D eigenvalue weighted by atomic mass is 10.6. The Labute approximate surface area is 122 Å². The Morgan fingerprint density at radius 3 is 2.35 bits per heavy atom. The van der Waals surface area contributed by atoms with Gasteiger partial charge in [-0.05, 0) is 20.8 Å². The van der Waals surface area contributed by atoms with Crippen LogP contribution in [0.25, 0.3) is 0 Å². The molecule has 1 unspecified atom stereocenters. The Balaban J connectivity index is 4.51. The SMILES string of the molecule is CCOP(=O)(OCC)OC(C)NC(=O)N(CCCl)N=O. The van der Waals surface area contributed by atoms with Crippen molar-refractivity contribution in [3.05, 3.63) is 4.91 Å². The highest BCUT2D eigenvalue weighted by Crippen LogP contribution is 2.49. The van der Waals surface area contributed by atoms with Crippen LogP contribution in [-0.4, -0.2) is 42.9 Å². The Kier molecular flexibility index (Phi) is 9.70. The first-order valence-corrected chi connectivity index (χ1v) is 7.96. The molecule has 9 nitrogen and oxygen atoms in total. The largest absolute Gasteiger partial charge is 0.476 e. The Morgan fingerprint density at radius 2 is 1.95 bits per heavy atom. The van der Waals surface area contributed by atoms with Gasteiger partial charge >= 0.3 is 13.9 Å². The molecule has 0 fully saturated rings. The fourth-order valence-electron chi connectivity index (χ4n) is 1.14. The molecule has 0 aromatic carbocycles. The molecule has 11 heteroatoms. The van der Waals surface area contributed by atoms with Crippen LogP contribution in [0.3, 0.4) is 0 Å². The van der Waals surface area contributed by atoms with Crippen molar-refractivity contribution in [3.63, 3.8) is 0 Å². The summed E-state index contributed by atoms with van der Waals surface area (Å²) in [6, 6.07) is -0.826. The maximum absolute atomic E-state index is 12.0. The van der Waals surface area contributed by atoms with Crippen molar-refractivity contribution in [3.8, 4) is 0 Å². The summed E-state index contributed by atoms with van der Waals surface area (Å²) < 4.78 is 26.9. The van der Waals surface area contributed by atoms with Gasteiger partial charge in [0.2, 0.25) is 0 Å². The molecule has 0 radical (unpaired) electrons. The molecule has 0 aromatic rings. The minimum Gasteiger partial charge on any atom is -0.310 e. The molecule has 0 heterocycles. The fourth-order valence-corrected chi connectivity index (χ4v) is 2.57. The molecule has 1 atom stereocenters. The van der Waals surface area contributed by atoms with Crippen LogP contribution in [0.2, 0.25) is 0 Å². The molecule has 118 valence electrons. The molecule has 0 aromatic heterocycles. The standard InChI is InChI=1S/C9H19ClN3O6P/c1-4-17-20(16,18-5-2)19-8(3)11-9(14)13(12-15)7-6-10/h8H,4-7H2,1-3H3,(H,11,14). The number of nitrogens with one attached hydrogen (secondary N) is 1. The minimum atomic E-state index is -3.75. The number of amides is 2. The molecule has 2 amide bonds. The molecule has 0 rings (SSSR count). The molecular weight excluding hydrogens is 313 g/mol. The average molecular weight is 332 g/mol. The smallest absolute Gasteiger partial charge is 0.310 e. The van der Waals surface area contributed by atoms with Gasteiger partial charge in [-0.1, -0.05) is 0 Å². The molecule has 0 bridgehead atoms. The van der Waals surface area contributed by atoms with E-state index < -0.39 is 20.1 Å². The summed E-state index contributed by atoms with van der Waals surface area (Å²) in [6.45, 7) is 4.83. The molecule has 0 spiro atoms. The van der Waals surface area contributed by atoms with Crippen molar-refractivity contribution in [1.29, 1.82) is 0 Å². The monoisotopic (exact) mass is 331 g/mol. The van der Waals surface area contributed by atoms with Gasteiger partial charge in [-0.2, -0.15) is 5.01 Å². The van der Waals surface area contributed by atoms with Gasteiger partial charge in [0, 0.05) is 5.88 Å². The predicted molar refractivity (Wildman–Crippen MR) is 73.2 cm³/mol. The van der Waals surface area contributed by atoms with Gasteiger partial charge in [0.1, 0.15) is 6.23 Å². The maximum Gasteiger partial charge on any atom is 0.476 e. The first-order chi connectivity index (χ1) is 9.42. The number of nitroso groups, excluding NO2 is 1. The third-order valence-corrected chi connectivity index (χ3v) is 3.71. The van der Waals surface area contributed by atoms with E-state index in [1.165, 1.54) is 6.92 Å². The number of rotatable bonds is 10. The summed E-state index contributed by atoms with van der Waals surface area (Å²) in [7, 11) is -3.75. The molecule has 20 heavy (non-hydrogen) atoms. The van der Waals surface area contributed by atoms with E-state index in [-0.39, 0.29) is 25.6 Å². The van der Waals surface area contributed by atoms with E-state index in [2.05, 4.69) is 10.6 Å². The number of phosphoric ester groups is 1.